The van der Waals surface area contributed by atoms with Crippen molar-refractivity contribution in [1.82, 2.24) is 0 Å². The van der Waals surface area contributed by atoms with E-state index in [9.17, 15) is 14.4 Å². The summed E-state index contributed by atoms with van der Waals surface area (Å²) in [5, 5.41) is 17.1. The highest BCUT2D eigenvalue weighted by Crippen LogP contribution is 2.26. The standard InChI is InChI=1S/C17H17NO5/c1-2-6-12-7-5-8-13(14(19)11-15(20)17(21)22)16(12)23-10-4-3-9-18/h2,5,7-8H,1,3-4,6,10-11H2,(H,21,22). The smallest absolute Gasteiger partial charge is 0.372 e. The van der Waals surface area contributed by atoms with Gasteiger partial charge in [-0.1, -0.05) is 18.2 Å². The second kappa shape index (κ2) is 9.15. The number of carboxylic acid groups (broad SMARTS) is 1. The predicted molar refractivity (Wildman–Crippen MR) is 82.3 cm³/mol. The number of aliphatic carboxylic acids is 1. The summed E-state index contributed by atoms with van der Waals surface area (Å²) < 4.78 is 5.61. The zero-order valence-corrected chi connectivity index (χ0v) is 12.6. The van der Waals surface area contributed by atoms with Crippen LogP contribution in [0.3, 0.4) is 0 Å². The number of ether oxygens (including phenoxy) is 1. The van der Waals surface area contributed by atoms with Gasteiger partial charge < -0.3 is 9.84 Å². The van der Waals surface area contributed by atoms with Crippen molar-refractivity contribution in [3.05, 3.63) is 42.0 Å². The van der Waals surface area contributed by atoms with Crippen molar-refractivity contribution in [3.63, 3.8) is 0 Å². The maximum atomic E-state index is 12.2. The molecule has 1 rings (SSSR count). The normalized spacial score (nSPS) is 9.70. The molecule has 0 spiro atoms. The maximum Gasteiger partial charge on any atom is 0.372 e. The number of nitrogens with zero attached hydrogens (tertiary/aromatic N) is 1. The second-order valence-electron chi connectivity index (χ2n) is 4.73. The van der Waals surface area contributed by atoms with E-state index in [4.69, 9.17) is 15.1 Å². The van der Waals surface area contributed by atoms with Crippen LogP contribution in [0.2, 0.25) is 0 Å². The van der Waals surface area contributed by atoms with Crippen molar-refractivity contribution in [2.75, 3.05) is 6.61 Å². The topological polar surface area (TPSA) is 104 Å². The van der Waals surface area contributed by atoms with Crippen molar-refractivity contribution in [3.8, 4) is 11.8 Å². The number of Topliss-reactive ketones (excluding diaryl/α,β-unsaturated/α-hetero) is 2. The van der Waals surface area contributed by atoms with E-state index < -0.39 is 24.0 Å². The van der Waals surface area contributed by atoms with Gasteiger partial charge in [-0.3, -0.25) is 9.59 Å². The molecule has 6 nitrogen and oxygen atoms in total. The number of ketones is 2. The minimum absolute atomic E-state index is 0.163. The SMILES string of the molecule is C=CCc1cccc(C(=O)CC(=O)C(=O)O)c1OCCCC#N. The van der Waals surface area contributed by atoms with Crippen molar-refractivity contribution >= 4 is 17.5 Å². The Morgan fingerprint density at radius 1 is 1.35 bits per heavy atom. The summed E-state index contributed by atoms with van der Waals surface area (Å²) in [6.07, 6.45) is 2.21. The first-order valence-electron chi connectivity index (χ1n) is 7.03. The number of rotatable bonds is 10. The lowest BCUT2D eigenvalue weighted by Crippen LogP contribution is -2.18. The fraction of sp³-hybridized carbons (Fsp3) is 0.294. The van der Waals surface area contributed by atoms with Gasteiger partial charge in [0.05, 0.1) is 24.7 Å². The van der Waals surface area contributed by atoms with E-state index in [-0.39, 0.29) is 12.2 Å². The van der Waals surface area contributed by atoms with Crippen molar-refractivity contribution in [2.24, 2.45) is 0 Å². The molecule has 0 bridgehead atoms. The molecule has 23 heavy (non-hydrogen) atoms. The number of carbonyl (C=O) groups excluding carboxylic acids is 2. The van der Waals surface area contributed by atoms with E-state index in [1.807, 2.05) is 6.07 Å². The monoisotopic (exact) mass is 315 g/mol. The third kappa shape index (κ3) is 5.40. The molecule has 0 heterocycles. The average Bonchev–Trinajstić information content (AvgIpc) is 2.52. The Morgan fingerprint density at radius 3 is 2.70 bits per heavy atom. The molecule has 0 amide bonds. The van der Waals surface area contributed by atoms with E-state index in [1.165, 1.54) is 6.07 Å². The van der Waals surface area contributed by atoms with Crippen molar-refractivity contribution in [2.45, 2.75) is 25.7 Å². The molecule has 0 aromatic heterocycles. The third-order valence-corrected chi connectivity index (χ3v) is 3.00. The number of carboxylic acids is 1. The van der Waals surface area contributed by atoms with Crippen LogP contribution < -0.4 is 4.74 Å². The molecule has 120 valence electrons. The van der Waals surface area contributed by atoms with Crippen molar-refractivity contribution in [1.29, 1.82) is 5.26 Å². The Morgan fingerprint density at radius 2 is 2.09 bits per heavy atom. The summed E-state index contributed by atoms with van der Waals surface area (Å²) in [6.45, 7) is 3.88. The number of nitriles is 1. The van der Waals surface area contributed by atoms with Crippen LogP contribution in [-0.2, 0) is 16.0 Å². The molecule has 0 fully saturated rings. The van der Waals surface area contributed by atoms with E-state index in [0.717, 1.165) is 0 Å². The van der Waals surface area contributed by atoms with Crippen LogP contribution in [0.5, 0.6) is 5.75 Å². The summed E-state index contributed by atoms with van der Waals surface area (Å²) in [7, 11) is 0. The van der Waals surface area contributed by atoms with Gasteiger partial charge in [0.15, 0.2) is 5.78 Å². The molecule has 0 aliphatic rings. The van der Waals surface area contributed by atoms with Crippen LogP contribution in [-0.4, -0.2) is 29.2 Å². The summed E-state index contributed by atoms with van der Waals surface area (Å²) in [5.74, 6) is -3.11. The quantitative estimate of drug-likeness (QED) is 0.233. The molecule has 1 aromatic carbocycles. The number of hydrogen-bond acceptors (Lipinski definition) is 5. The van der Waals surface area contributed by atoms with Crippen molar-refractivity contribution < 1.29 is 24.2 Å². The fourth-order valence-corrected chi connectivity index (χ4v) is 1.93. The third-order valence-electron chi connectivity index (χ3n) is 3.00. The fourth-order valence-electron chi connectivity index (χ4n) is 1.93. The Kier molecular flexibility index (Phi) is 7.21. The number of hydrogen-bond donors (Lipinski definition) is 1. The van der Waals surface area contributed by atoms with Gasteiger partial charge in [-0.05, 0) is 24.5 Å². The first-order chi connectivity index (χ1) is 11.0. The summed E-state index contributed by atoms with van der Waals surface area (Å²) in [5.41, 5.74) is 0.876. The number of allylic oxidation sites excluding steroid dienone is 1. The molecule has 1 N–H and O–H groups in total. The Hall–Kier alpha value is -2.94. The average molecular weight is 315 g/mol. The summed E-state index contributed by atoms with van der Waals surface area (Å²) in [6, 6.07) is 6.89. The van der Waals surface area contributed by atoms with E-state index in [0.29, 0.717) is 30.6 Å². The maximum absolute atomic E-state index is 12.2. The summed E-state index contributed by atoms with van der Waals surface area (Å²) in [4.78, 5) is 34.0. The molecule has 0 aliphatic carbocycles. The van der Waals surface area contributed by atoms with Gasteiger partial charge in [0.25, 0.3) is 0 Å². The van der Waals surface area contributed by atoms with E-state index in [2.05, 4.69) is 6.58 Å². The van der Waals surface area contributed by atoms with Gasteiger partial charge >= 0.3 is 5.97 Å². The van der Waals surface area contributed by atoms with Gasteiger partial charge in [-0.25, -0.2) is 4.79 Å². The number of benzene rings is 1. The zero-order chi connectivity index (χ0) is 17.2. The Labute approximate surface area is 134 Å². The number of carbonyl (C=O) groups is 3. The minimum atomic E-state index is -1.64. The molecule has 6 heteroatoms. The predicted octanol–water partition coefficient (Wildman–Crippen LogP) is 2.32. The largest absolute Gasteiger partial charge is 0.492 e. The highest BCUT2D eigenvalue weighted by molar-refractivity contribution is 6.37. The number of unbranched alkanes of at least 4 members (excludes halogenated alkanes) is 1. The van der Waals surface area contributed by atoms with Gasteiger partial charge in [0.2, 0.25) is 5.78 Å². The highest BCUT2D eigenvalue weighted by atomic mass is 16.5. The molecule has 0 radical (unpaired) electrons. The Bertz CT molecular complexity index is 657. The highest BCUT2D eigenvalue weighted by Gasteiger charge is 2.21. The molecule has 0 unspecified atom stereocenters. The minimum Gasteiger partial charge on any atom is -0.492 e. The van der Waals surface area contributed by atoms with E-state index in [1.54, 1.807) is 18.2 Å². The molecule has 0 atom stereocenters. The lowest BCUT2D eigenvalue weighted by Gasteiger charge is -2.14. The van der Waals surface area contributed by atoms with Crippen LogP contribution in [0.4, 0.5) is 0 Å². The molecule has 0 saturated carbocycles. The van der Waals surface area contributed by atoms with Crippen LogP contribution >= 0.6 is 0 Å². The molecular formula is C17H17NO5. The molecule has 0 saturated heterocycles. The van der Waals surface area contributed by atoms with Crippen LogP contribution in [0.15, 0.2) is 30.9 Å². The van der Waals surface area contributed by atoms with Gasteiger partial charge in [0, 0.05) is 6.42 Å². The molecule has 1 aromatic rings. The van der Waals surface area contributed by atoms with Crippen LogP contribution in [0.25, 0.3) is 0 Å². The lowest BCUT2D eigenvalue weighted by atomic mass is 10.00. The van der Waals surface area contributed by atoms with E-state index >= 15 is 0 Å². The second-order valence-corrected chi connectivity index (χ2v) is 4.73. The lowest BCUT2D eigenvalue weighted by molar-refractivity contribution is -0.148. The Balaban J connectivity index is 3.04. The molecular weight excluding hydrogens is 298 g/mol. The van der Waals surface area contributed by atoms with Crippen LogP contribution in [0, 0.1) is 11.3 Å². The number of para-hydroxylation sites is 1. The first-order valence-corrected chi connectivity index (χ1v) is 7.03. The van der Waals surface area contributed by atoms with Gasteiger partial charge in [0.1, 0.15) is 5.75 Å². The first kappa shape index (κ1) is 18.1. The van der Waals surface area contributed by atoms with Crippen LogP contribution in [0.1, 0.15) is 35.2 Å². The van der Waals surface area contributed by atoms with Gasteiger partial charge in [-0.15, -0.1) is 6.58 Å². The zero-order valence-electron chi connectivity index (χ0n) is 12.6. The van der Waals surface area contributed by atoms with Gasteiger partial charge in [-0.2, -0.15) is 5.26 Å². The summed E-state index contributed by atoms with van der Waals surface area (Å²) >= 11 is 0. The molecule has 0 aliphatic heterocycles.